The van der Waals surface area contributed by atoms with Crippen LogP contribution in [0.15, 0.2) is 17.1 Å². The highest BCUT2D eigenvalue weighted by Gasteiger charge is 2.55. The summed E-state index contributed by atoms with van der Waals surface area (Å²) in [5.41, 5.74) is 9.92. The van der Waals surface area contributed by atoms with E-state index in [9.17, 15) is 15.0 Å². The topological polar surface area (TPSA) is 152 Å². The number of anilines is 1. The predicted octanol–water partition coefficient (Wildman–Crippen LogP) is -1.72. The molecular formula is C14H17N5O4. The van der Waals surface area contributed by atoms with E-state index in [-0.39, 0.29) is 17.0 Å². The Morgan fingerprint density at radius 2 is 2.35 bits per heavy atom. The molecule has 7 N–H and O–H groups in total. The number of rotatable bonds is 2. The van der Waals surface area contributed by atoms with E-state index in [0.717, 1.165) is 0 Å². The molecule has 23 heavy (non-hydrogen) atoms. The second kappa shape index (κ2) is 5.07. The van der Waals surface area contributed by atoms with E-state index in [1.54, 1.807) is 0 Å². The van der Waals surface area contributed by atoms with Gasteiger partial charge in [0, 0.05) is 6.20 Å². The summed E-state index contributed by atoms with van der Waals surface area (Å²) >= 11 is 0. The number of nitrogens with zero attached hydrogens (tertiary/aromatic N) is 2. The SMILES string of the molecule is C#CC1(N)[C@@H](O)[C@@H]([C@@H](C)O)O[C@H]1n1ccc2c(=O)[nH]c(N)nc21. The molecule has 3 heterocycles. The van der Waals surface area contributed by atoms with Gasteiger partial charge in [0.25, 0.3) is 5.56 Å². The molecule has 0 aromatic carbocycles. The van der Waals surface area contributed by atoms with Gasteiger partial charge < -0.3 is 31.0 Å². The number of nitrogen functional groups attached to an aromatic ring is 1. The van der Waals surface area contributed by atoms with E-state index in [2.05, 4.69) is 15.9 Å². The van der Waals surface area contributed by atoms with Gasteiger partial charge in [0.2, 0.25) is 5.95 Å². The largest absolute Gasteiger partial charge is 0.391 e. The fourth-order valence-electron chi connectivity index (χ4n) is 2.83. The summed E-state index contributed by atoms with van der Waals surface area (Å²) in [6, 6.07) is 1.52. The minimum atomic E-state index is -1.60. The van der Waals surface area contributed by atoms with Gasteiger partial charge in [-0.15, -0.1) is 6.42 Å². The zero-order valence-corrected chi connectivity index (χ0v) is 12.3. The molecule has 122 valence electrons. The number of terminal acetylenes is 1. The molecule has 2 aromatic rings. The number of hydrogen-bond donors (Lipinski definition) is 5. The quantitative estimate of drug-likeness (QED) is 0.413. The number of fused-ring (bicyclic) bond motifs is 1. The van der Waals surface area contributed by atoms with Gasteiger partial charge in [0.1, 0.15) is 12.2 Å². The van der Waals surface area contributed by atoms with Crippen molar-refractivity contribution in [3.8, 4) is 12.3 Å². The van der Waals surface area contributed by atoms with Crippen LogP contribution < -0.4 is 17.0 Å². The number of aliphatic hydroxyl groups is 2. The van der Waals surface area contributed by atoms with Gasteiger partial charge in [-0.05, 0) is 13.0 Å². The molecule has 9 nitrogen and oxygen atoms in total. The second-order valence-electron chi connectivity index (χ2n) is 5.63. The zero-order chi connectivity index (χ0) is 16.9. The highest BCUT2D eigenvalue weighted by Crippen LogP contribution is 2.38. The van der Waals surface area contributed by atoms with Crippen LogP contribution in [0.3, 0.4) is 0 Å². The molecule has 0 radical (unpaired) electrons. The molecule has 5 atom stereocenters. The first kappa shape index (κ1) is 15.5. The molecule has 0 bridgehead atoms. The van der Waals surface area contributed by atoms with Gasteiger partial charge in [0.05, 0.1) is 11.5 Å². The highest BCUT2D eigenvalue weighted by molar-refractivity contribution is 5.76. The number of aliphatic hydroxyl groups excluding tert-OH is 2. The smallest absolute Gasteiger partial charge is 0.261 e. The maximum atomic E-state index is 11.9. The van der Waals surface area contributed by atoms with Gasteiger partial charge in [-0.1, -0.05) is 5.92 Å². The molecular weight excluding hydrogens is 302 g/mol. The first-order valence-corrected chi connectivity index (χ1v) is 6.94. The van der Waals surface area contributed by atoms with Crippen molar-refractivity contribution in [3.05, 3.63) is 22.6 Å². The van der Waals surface area contributed by atoms with Crippen molar-refractivity contribution in [2.45, 2.75) is 37.0 Å². The third-order valence-electron chi connectivity index (χ3n) is 4.07. The van der Waals surface area contributed by atoms with Crippen LogP contribution in [0.1, 0.15) is 13.2 Å². The number of nitrogens with two attached hydrogens (primary N) is 2. The van der Waals surface area contributed by atoms with Crippen molar-refractivity contribution < 1.29 is 14.9 Å². The minimum Gasteiger partial charge on any atom is -0.391 e. The fourth-order valence-corrected chi connectivity index (χ4v) is 2.83. The van der Waals surface area contributed by atoms with Gasteiger partial charge in [-0.2, -0.15) is 4.98 Å². The molecule has 9 heteroatoms. The zero-order valence-electron chi connectivity index (χ0n) is 12.3. The van der Waals surface area contributed by atoms with Gasteiger partial charge in [-0.25, -0.2) is 0 Å². The van der Waals surface area contributed by atoms with Crippen LogP contribution in [0.25, 0.3) is 11.0 Å². The lowest BCUT2D eigenvalue weighted by Crippen LogP contribution is -2.54. The van der Waals surface area contributed by atoms with Gasteiger partial charge in [0.15, 0.2) is 17.4 Å². The van der Waals surface area contributed by atoms with Crippen LogP contribution in [0.4, 0.5) is 5.95 Å². The summed E-state index contributed by atoms with van der Waals surface area (Å²) in [7, 11) is 0. The fraction of sp³-hybridized carbons (Fsp3) is 0.429. The number of ether oxygens (including phenoxy) is 1. The van der Waals surface area contributed by atoms with Crippen molar-refractivity contribution in [2.75, 3.05) is 5.73 Å². The first-order valence-electron chi connectivity index (χ1n) is 6.94. The van der Waals surface area contributed by atoms with Crippen molar-refractivity contribution >= 4 is 17.0 Å². The molecule has 1 saturated heterocycles. The Bertz CT molecular complexity index is 851. The molecule has 1 aliphatic rings. The van der Waals surface area contributed by atoms with Gasteiger partial charge >= 0.3 is 0 Å². The predicted molar refractivity (Wildman–Crippen MR) is 82.1 cm³/mol. The van der Waals surface area contributed by atoms with Gasteiger partial charge in [-0.3, -0.25) is 9.78 Å². The lowest BCUT2D eigenvalue weighted by Gasteiger charge is -2.28. The monoisotopic (exact) mass is 319 g/mol. The summed E-state index contributed by atoms with van der Waals surface area (Å²) in [4.78, 5) is 18.4. The lowest BCUT2D eigenvalue weighted by atomic mass is 9.90. The lowest BCUT2D eigenvalue weighted by molar-refractivity contribution is -0.0755. The van der Waals surface area contributed by atoms with Crippen LogP contribution in [0.2, 0.25) is 0 Å². The first-order chi connectivity index (χ1) is 10.8. The van der Waals surface area contributed by atoms with Crippen LogP contribution in [0.5, 0.6) is 0 Å². The number of H-pyrrole nitrogens is 1. The van der Waals surface area contributed by atoms with E-state index in [4.69, 9.17) is 22.6 Å². The number of hydrogen-bond acceptors (Lipinski definition) is 7. The molecule has 1 fully saturated rings. The summed E-state index contributed by atoms with van der Waals surface area (Å²) in [5.74, 6) is 2.26. The van der Waals surface area contributed by atoms with E-state index in [1.165, 1.54) is 23.8 Å². The standard InChI is InChI=1S/C14H17N5O4/c1-3-14(16)9(21)8(6(2)20)23-12(14)19-5-4-7-10(19)17-13(15)18-11(7)22/h1,4-6,8-9,12,20-21H,16H2,2H3,(H3,15,17,18,22)/t6-,8-,9+,12-,14?/m1/s1. The Labute approximate surface area is 130 Å². The maximum Gasteiger partial charge on any atom is 0.261 e. The Morgan fingerprint density at radius 3 is 2.96 bits per heavy atom. The summed E-state index contributed by atoms with van der Waals surface area (Å²) in [6.45, 7) is 1.46. The Balaban J connectivity index is 2.18. The van der Waals surface area contributed by atoms with E-state index >= 15 is 0 Å². The van der Waals surface area contributed by atoms with Crippen LogP contribution in [-0.2, 0) is 4.74 Å². The summed E-state index contributed by atoms with van der Waals surface area (Å²) < 4.78 is 7.11. The Kier molecular flexibility index (Phi) is 3.42. The van der Waals surface area contributed by atoms with E-state index in [0.29, 0.717) is 0 Å². The van der Waals surface area contributed by atoms with Crippen LogP contribution in [-0.4, -0.2) is 48.6 Å². The molecule has 2 aromatic heterocycles. The Morgan fingerprint density at radius 1 is 1.65 bits per heavy atom. The third kappa shape index (κ3) is 2.12. The van der Waals surface area contributed by atoms with Crippen LogP contribution in [0, 0.1) is 12.3 Å². The molecule has 1 unspecified atom stereocenters. The van der Waals surface area contributed by atoms with E-state index in [1.807, 2.05) is 0 Å². The minimum absolute atomic E-state index is 0.0728. The normalized spacial score (nSPS) is 32.0. The molecule has 0 aliphatic carbocycles. The summed E-state index contributed by atoms with van der Waals surface area (Å²) in [6.07, 6.45) is 2.74. The summed E-state index contributed by atoms with van der Waals surface area (Å²) in [5, 5.41) is 20.4. The molecule has 0 amide bonds. The highest BCUT2D eigenvalue weighted by atomic mass is 16.5. The van der Waals surface area contributed by atoms with Crippen LogP contribution >= 0.6 is 0 Å². The van der Waals surface area contributed by atoms with Crippen molar-refractivity contribution in [2.24, 2.45) is 5.73 Å². The second-order valence-corrected chi connectivity index (χ2v) is 5.63. The molecule has 3 rings (SSSR count). The third-order valence-corrected chi connectivity index (χ3v) is 4.07. The average molecular weight is 319 g/mol. The van der Waals surface area contributed by atoms with Crippen molar-refractivity contribution in [1.29, 1.82) is 0 Å². The van der Waals surface area contributed by atoms with Crippen molar-refractivity contribution in [3.63, 3.8) is 0 Å². The Hall–Kier alpha value is -2.38. The number of aromatic amines is 1. The van der Waals surface area contributed by atoms with E-state index < -0.39 is 35.6 Å². The number of nitrogens with one attached hydrogen (secondary N) is 1. The maximum absolute atomic E-state index is 11.9. The average Bonchev–Trinajstić information content (AvgIpc) is 3.00. The van der Waals surface area contributed by atoms with Crippen molar-refractivity contribution in [1.82, 2.24) is 14.5 Å². The molecule has 0 saturated carbocycles. The molecule has 0 spiro atoms. The molecule has 1 aliphatic heterocycles. The number of aromatic nitrogens is 3.